The third kappa shape index (κ3) is 8.40. The van der Waals surface area contributed by atoms with Crippen LogP contribution in [0.4, 0.5) is 0 Å². The normalized spacial score (nSPS) is 17.0. The van der Waals surface area contributed by atoms with Crippen LogP contribution in [-0.2, 0) is 0 Å². The number of nitrogens with zero attached hydrogens (tertiary/aromatic N) is 6. The molecule has 2 aliphatic heterocycles. The zero-order valence-corrected chi connectivity index (χ0v) is 25.7. The fourth-order valence-electron chi connectivity index (χ4n) is 5.61. The van der Waals surface area contributed by atoms with Crippen LogP contribution in [0.1, 0.15) is 24.0 Å². The van der Waals surface area contributed by atoms with E-state index in [4.69, 9.17) is 9.97 Å². The van der Waals surface area contributed by atoms with Gasteiger partial charge in [-0.2, -0.15) is 0 Å². The van der Waals surface area contributed by atoms with E-state index in [1.807, 2.05) is 12.4 Å². The van der Waals surface area contributed by atoms with Gasteiger partial charge in [-0.1, -0.05) is 48.5 Å². The van der Waals surface area contributed by atoms with Crippen molar-refractivity contribution in [2.75, 3.05) is 78.5 Å². The molecule has 2 saturated heterocycles. The molecule has 0 radical (unpaired) electrons. The number of thiophene rings is 1. The molecule has 0 amide bonds. The molecule has 8 nitrogen and oxygen atoms in total. The quantitative estimate of drug-likeness (QED) is 0.186. The number of rotatable bonds is 12. The van der Waals surface area contributed by atoms with E-state index in [9.17, 15) is 0 Å². The van der Waals surface area contributed by atoms with E-state index in [0.29, 0.717) is 0 Å². The molecule has 4 heterocycles. The molecule has 2 N–H and O–H groups in total. The van der Waals surface area contributed by atoms with Crippen LogP contribution in [0.3, 0.4) is 0 Å². The van der Waals surface area contributed by atoms with Gasteiger partial charge in [-0.3, -0.25) is 9.98 Å². The first-order valence-electron chi connectivity index (χ1n) is 15.6. The monoisotopic (exact) mass is 594 g/mol. The molecule has 2 aliphatic rings. The number of hydrogen-bond acceptors (Lipinski definition) is 9. The van der Waals surface area contributed by atoms with E-state index in [-0.39, 0.29) is 0 Å². The van der Waals surface area contributed by atoms with E-state index in [0.717, 1.165) is 135 Å². The zero-order valence-electron chi connectivity index (χ0n) is 24.9. The van der Waals surface area contributed by atoms with Crippen LogP contribution in [0.5, 0.6) is 0 Å². The standard InChI is InChI=1S/C34H42N8S/c1(18-41-20-14-35-15-21-41)12-37-25-27-3-7-29(8-4-27)32-33-31(11-24-43-33)39-34(40-32)30-9-5-28(6-10-30)26-38-13-2-19-42-22-16-36-17-23-42/h3-11,24-26,35-36H,1-2,12-23H2. The number of fused-ring (bicyclic) bond motifs is 1. The molecule has 2 fully saturated rings. The predicted molar refractivity (Wildman–Crippen MR) is 181 cm³/mol. The summed E-state index contributed by atoms with van der Waals surface area (Å²) in [5, 5.41) is 8.91. The Morgan fingerprint density at radius 1 is 0.674 bits per heavy atom. The lowest BCUT2D eigenvalue weighted by molar-refractivity contribution is 0.240. The average molecular weight is 595 g/mol. The Balaban J connectivity index is 1.06. The van der Waals surface area contributed by atoms with Crippen molar-refractivity contribution in [2.24, 2.45) is 9.98 Å². The fraction of sp³-hybridized carbons (Fsp3) is 0.412. The van der Waals surface area contributed by atoms with Gasteiger partial charge in [0.05, 0.1) is 15.9 Å². The molecule has 4 aromatic rings. The molecule has 0 spiro atoms. The minimum atomic E-state index is 0.746. The highest BCUT2D eigenvalue weighted by Gasteiger charge is 2.13. The van der Waals surface area contributed by atoms with E-state index >= 15 is 0 Å². The summed E-state index contributed by atoms with van der Waals surface area (Å²) >= 11 is 1.69. The summed E-state index contributed by atoms with van der Waals surface area (Å²) in [7, 11) is 0. The Morgan fingerprint density at radius 3 is 1.77 bits per heavy atom. The molecule has 0 unspecified atom stereocenters. The van der Waals surface area contributed by atoms with Crippen LogP contribution < -0.4 is 10.6 Å². The zero-order chi connectivity index (χ0) is 29.1. The Labute approximate surface area is 259 Å². The lowest BCUT2D eigenvalue weighted by Crippen LogP contribution is -2.43. The van der Waals surface area contributed by atoms with Crippen molar-refractivity contribution in [3.8, 4) is 22.6 Å². The van der Waals surface area contributed by atoms with Gasteiger partial charge < -0.3 is 20.4 Å². The first-order chi connectivity index (χ1) is 21.3. The van der Waals surface area contributed by atoms with E-state index in [1.165, 1.54) is 0 Å². The summed E-state index contributed by atoms with van der Waals surface area (Å²) in [6.45, 7) is 12.9. The summed E-state index contributed by atoms with van der Waals surface area (Å²) in [5.74, 6) is 0.746. The molecule has 2 aromatic heterocycles. The molecule has 0 atom stereocenters. The highest BCUT2D eigenvalue weighted by Crippen LogP contribution is 2.32. The van der Waals surface area contributed by atoms with Crippen molar-refractivity contribution >= 4 is 34.0 Å². The van der Waals surface area contributed by atoms with Crippen LogP contribution in [0.25, 0.3) is 32.9 Å². The summed E-state index contributed by atoms with van der Waals surface area (Å²) < 4.78 is 1.11. The highest BCUT2D eigenvalue weighted by molar-refractivity contribution is 7.17. The van der Waals surface area contributed by atoms with Crippen molar-refractivity contribution in [3.05, 3.63) is 71.1 Å². The first kappa shape index (κ1) is 29.7. The summed E-state index contributed by atoms with van der Waals surface area (Å²) in [6, 6.07) is 19.0. The lowest BCUT2D eigenvalue weighted by atomic mass is 10.1. The van der Waals surface area contributed by atoms with Crippen LogP contribution in [0.2, 0.25) is 0 Å². The van der Waals surface area contributed by atoms with Gasteiger partial charge in [-0.15, -0.1) is 11.3 Å². The summed E-state index contributed by atoms with van der Waals surface area (Å²) in [4.78, 5) is 24.3. The Morgan fingerprint density at radius 2 is 1.21 bits per heavy atom. The second kappa shape index (κ2) is 15.4. The van der Waals surface area contributed by atoms with Gasteiger partial charge >= 0.3 is 0 Å². The highest BCUT2D eigenvalue weighted by atomic mass is 32.1. The van der Waals surface area contributed by atoms with Gasteiger partial charge in [0.1, 0.15) is 0 Å². The van der Waals surface area contributed by atoms with Crippen molar-refractivity contribution in [1.29, 1.82) is 0 Å². The van der Waals surface area contributed by atoms with Gasteiger partial charge in [-0.05, 0) is 48.5 Å². The van der Waals surface area contributed by atoms with Crippen molar-refractivity contribution in [2.45, 2.75) is 12.8 Å². The largest absolute Gasteiger partial charge is 0.314 e. The van der Waals surface area contributed by atoms with Crippen molar-refractivity contribution in [3.63, 3.8) is 0 Å². The SMILES string of the molecule is C(=NCCCN1CCNCC1)c1ccc(-c2nc(-c3ccc(C=NCCCN4CCNCC4)cc3)c3sccc3n2)cc1. The molecule has 43 heavy (non-hydrogen) atoms. The topological polar surface area (TPSA) is 81.0 Å². The molecule has 9 heteroatoms. The average Bonchev–Trinajstić information content (AvgIpc) is 3.55. The van der Waals surface area contributed by atoms with Gasteiger partial charge in [0.25, 0.3) is 0 Å². The van der Waals surface area contributed by atoms with Crippen molar-refractivity contribution < 1.29 is 0 Å². The molecular formula is C34H42N8S. The Bertz CT molecular complexity index is 1480. The number of piperazine rings is 2. The lowest BCUT2D eigenvalue weighted by Gasteiger charge is -2.26. The maximum atomic E-state index is 5.05. The maximum absolute atomic E-state index is 5.05. The molecule has 6 rings (SSSR count). The van der Waals surface area contributed by atoms with Gasteiger partial charge in [-0.25, -0.2) is 9.97 Å². The maximum Gasteiger partial charge on any atom is 0.160 e. The first-order valence-corrected chi connectivity index (χ1v) is 16.5. The van der Waals surface area contributed by atoms with Crippen molar-refractivity contribution in [1.82, 2.24) is 30.4 Å². The Kier molecular flexibility index (Phi) is 10.6. The molecule has 0 aliphatic carbocycles. The summed E-state index contributed by atoms with van der Waals surface area (Å²) in [5.41, 5.74) is 6.28. The minimum Gasteiger partial charge on any atom is -0.314 e. The molecule has 2 aromatic carbocycles. The van der Waals surface area contributed by atoms with Gasteiger partial charge in [0.2, 0.25) is 0 Å². The number of aliphatic imine (C=N–C) groups is 2. The third-order valence-electron chi connectivity index (χ3n) is 8.08. The molecule has 0 saturated carbocycles. The van der Waals surface area contributed by atoms with E-state index in [1.54, 1.807) is 11.3 Å². The minimum absolute atomic E-state index is 0.746. The predicted octanol–water partition coefficient (Wildman–Crippen LogP) is 4.45. The van der Waals surface area contributed by atoms with Crippen LogP contribution >= 0.6 is 11.3 Å². The van der Waals surface area contributed by atoms with Gasteiger partial charge in [0, 0.05) is 89.0 Å². The number of nitrogens with one attached hydrogen (secondary N) is 2. The van der Waals surface area contributed by atoms with E-state index in [2.05, 4.69) is 90.4 Å². The van der Waals surface area contributed by atoms with E-state index < -0.39 is 0 Å². The third-order valence-corrected chi connectivity index (χ3v) is 8.99. The molecule has 224 valence electrons. The van der Waals surface area contributed by atoms with Crippen LogP contribution in [0, 0.1) is 0 Å². The number of aromatic nitrogens is 2. The van der Waals surface area contributed by atoms with Crippen LogP contribution in [0.15, 0.2) is 70.0 Å². The second-order valence-corrected chi connectivity index (χ2v) is 12.2. The molecule has 0 bridgehead atoms. The molecular weight excluding hydrogens is 552 g/mol. The Hall–Kier alpha value is -3.34. The number of hydrogen-bond donors (Lipinski definition) is 2. The number of benzene rings is 2. The van der Waals surface area contributed by atoms with Gasteiger partial charge in [0.15, 0.2) is 5.82 Å². The summed E-state index contributed by atoms with van der Waals surface area (Å²) in [6.07, 6.45) is 6.16. The smallest absolute Gasteiger partial charge is 0.160 e. The second-order valence-electron chi connectivity index (χ2n) is 11.2. The van der Waals surface area contributed by atoms with Crippen LogP contribution in [-0.4, -0.2) is 111 Å². The fourth-order valence-corrected chi connectivity index (χ4v) is 6.46.